The summed E-state index contributed by atoms with van der Waals surface area (Å²) in [5.41, 5.74) is 3.92. The van der Waals surface area contributed by atoms with Gasteiger partial charge in [0.25, 0.3) is 0 Å². The summed E-state index contributed by atoms with van der Waals surface area (Å²) in [5.74, 6) is 2.13. The van der Waals surface area contributed by atoms with Crippen LogP contribution >= 0.6 is 15.9 Å². The number of hydrogen-bond acceptors (Lipinski definition) is 1. The van der Waals surface area contributed by atoms with Gasteiger partial charge in [-0.05, 0) is 67.6 Å². The number of amides is 1. The van der Waals surface area contributed by atoms with Gasteiger partial charge in [-0.1, -0.05) is 68.1 Å². The molecule has 0 bridgehead atoms. The SMILES string of the molecule is CCCCC1CCC(C(=O)N2CCc3cc(CC(Br)C(C)C)ccc32)CC1. The molecule has 1 aliphatic carbocycles. The fourth-order valence-corrected chi connectivity index (χ4v) is 5.06. The molecule has 1 fully saturated rings. The Morgan fingerprint density at radius 3 is 2.63 bits per heavy atom. The van der Waals surface area contributed by atoms with Gasteiger partial charge in [-0.15, -0.1) is 0 Å². The minimum atomic E-state index is 0.251. The van der Waals surface area contributed by atoms with Crippen molar-refractivity contribution < 1.29 is 4.79 Å². The predicted molar refractivity (Wildman–Crippen MR) is 119 cm³/mol. The molecule has 3 rings (SSSR count). The molecule has 3 heteroatoms. The molecule has 0 saturated heterocycles. The molecule has 1 saturated carbocycles. The lowest BCUT2D eigenvalue weighted by molar-refractivity contribution is -0.123. The Labute approximate surface area is 174 Å². The van der Waals surface area contributed by atoms with E-state index in [0.29, 0.717) is 16.7 Å². The van der Waals surface area contributed by atoms with Gasteiger partial charge in [0.2, 0.25) is 5.91 Å². The van der Waals surface area contributed by atoms with Crippen molar-refractivity contribution in [2.45, 2.75) is 83.4 Å². The van der Waals surface area contributed by atoms with Crippen molar-refractivity contribution in [2.24, 2.45) is 17.8 Å². The van der Waals surface area contributed by atoms with Gasteiger partial charge in [0.05, 0.1) is 0 Å². The molecule has 1 atom stereocenters. The number of rotatable bonds is 7. The molecule has 1 aromatic carbocycles. The molecule has 1 heterocycles. The van der Waals surface area contributed by atoms with Gasteiger partial charge >= 0.3 is 0 Å². The Morgan fingerprint density at radius 2 is 1.96 bits per heavy atom. The van der Waals surface area contributed by atoms with E-state index in [-0.39, 0.29) is 5.92 Å². The number of nitrogens with zero attached hydrogens (tertiary/aromatic N) is 1. The molecule has 27 heavy (non-hydrogen) atoms. The van der Waals surface area contributed by atoms with Crippen LogP contribution in [0.1, 0.15) is 76.8 Å². The first-order chi connectivity index (χ1) is 13.0. The Bertz CT molecular complexity index is 633. The van der Waals surface area contributed by atoms with Crippen molar-refractivity contribution in [1.29, 1.82) is 0 Å². The number of anilines is 1. The molecule has 0 N–H and O–H groups in total. The van der Waals surface area contributed by atoms with Crippen molar-refractivity contribution >= 4 is 27.5 Å². The standard InChI is InChI=1S/C24H36BrNO/c1-4-5-6-18-7-10-20(11-8-18)24(27)26-14-13-21-15-19(9-12-23(21)26)16-22(25)17(2)3/h9,12,15,17-18,20,22H,4-8,10-11,13-14,16H2,1-3H3. The first kappa shape index (κ1) is 20.9. The molecule has 0 spiro atoms. The average Bonchev–Trinajstić information content (AvgIpc) is 3.09. The Kier molecular flexibility index (Phi) is 7.42. The van der Waals surface area contributed by atoms with Crippen molar-refractivity contribution in [2.75, 3.05) is 11.4 Å². The van der Waals surface area contributed by atoms with Crippen LogP contribution in [0.15, 0.2) is 18.2 Å². The van der Waals surface area contributed by atoms with Gasteiger partial charge in [0.1, 0.15) is 0 Å². The quantitative estimate of drug-likeness (QED) is 0.447. The minimum absolute atomic E-state index is 0.251. The molecule has 0 radical (unpaired) electrons. The van der Waals surface area contributed by atoms with Gasteiger partial charge in [-0.2, -0.15) is 0 Å². The molecule has 1 aliphatic heterocycles. The van der Waals surface area contributed by atoms with Crippen LogP contribution < -0.4 is 4.90 Å². The molecule has 0 aromatic heterocycles. The number of fused-ring (bicyclic) bond motifs is 1. The van der Waals surface area contributed by atoms with Crippen molar-refractivity contribution in [3.8, 4) is 0 Å². The highest BCUT2D eigenvalue weighted by atomic mass is 79.9. The number of carbonyl (C=O) groups excluding carboxylic acids is 1. The van der Waals surface area contributed by atoms with Gasteiger partial charge in [0, 0.05) is 23.0 Å². The Morgan fingerprint density at radius 1 is 1.22 bits per heavy atom. The lowest BCUT2D eigenvalue weighted by Gasteiger charge is -2.30. The zero-order valence-electron chi connectivity index (χ0n) is 17.3. The van der Waals surface area contributed by atoms with Crippen LogP contribution in [-0.4, -0.2) is 17.3 Å². The van der Waals surface area contributed by atoms with E-state index in [1.165, 1.54) is 48.9 Å². The van der Waals surface area contributed by atoms with Gasteiger partial charge in [-0.25, -0.2) is 0 Å². The smallest absolute Gasteiger partial charge is 0.230 e. The largest absolute Gasteiger partial charge is 0.312 e. The summed E-state index contributed by atoms with van der Waals surface area (Å²) < 4.78 is 0. The van der Waals surface area contributed by atoms with Crippen LogP contribution in [0.2, 0.25) is 0 Å². The number of hydrogen-bond donors (Lipinski definition) is 0. The molecule has 2 nitrogen and oxygen atoms in total. The molecule has 2 aliphatic rings. The zero-order chi connectivity index (χ0) is 19.4. The lowest BCUT2D eigenvalue weighted by Crippen LogP contribution is -2.36. The van der Waals surface area contributed by atoms with Crippen LogP contribution in [0.5, 0.6) is 0 Å². The highest BCUT2D eigenvalue weighted by Crippen LogP contribution is 2.36. The maximum absolute atomic E-state index is 13.2. The van der Waals surface area contributed by atoms with Crippen molar-refractivity contribution in [1.82, 2.24) is 0 Å². The van der Waals surface area contributed by atoms with Crippen LogP contribution in [0, 0.1) is 17.8 Å². The van der Waals surface area contributed by atoms with E-state index < -0.39 is 0 Å². The molecule has 150 valence electrons. The monoisotopic (exact) mass is 433 g/mol. The third kappa shape index (κ3) is 5.16. The van der Waals surface area contributed by atoms with E-state index in [0.717, 1.165) is 38.1 Å². The first-order valence-corrected chi connectivity index (χ1v) is 12.0. The molecule has 1 amide bonds. The average molecular weight is 434 g/mol. The number of benzene rings is 1. The topological polar surface area (TPSA) is 20.3 Å². The highest BCUT2D eigenvalue weighted by molar-refractivity contribution is 9.09. The summed E-state index contributed by atoms with van der Waals surface area (Å²) in [6.07, 6.45) is 10.7. The molecular formula is C24H36BrNO. The normalized spacial score (nSPS) is 23.5. The summed E-state index contributed by atoms with van der Waals surface area (Å²) >= 11 is 3.80. The third-order valence-electron chi connectivity index (χ3n) is 6.62. The van der Waals surface area contributed by atoms with Crippen molar-refractivity contribution in [3.63, 3.8) is 0 Å². The highest BCUT2D eigenvalue weighted by Gasteiger charge is 2.33. The predicted octanol–water partition coefficient (Wildman–Crippen LogP) is 6.53. The Balaban J connectivity index is 1.60. The van der Waals surface area contributed by atoms with E-state index in [1.54, 1.807) is 0 Å². The second-order valence-electron chi connectivity index (χ2n) is 9.03. The van der Waals surface area contributed by atoms with Crippen molar-refractivity contribution in [3.05, 3.63) is 29.3 Å². The van der Waals surface area contributed by atoms with Gasteiger partial charge in [-0.3, -0.25) is 4.79 Å². The summed E-state index contributed by atoms with van der Waals surface area (Å²) in [7, 11) is 0. The fourth-order valence-electron chi connectivity index (χ4n) is 4.68. The fraction of sp³-hybridized carbons (Fsp3) is 0.708. The van der Waals surface area contributed by atoms with E-state index in [1.807, 2.05) is 0 Å². The van der Waals surface area contributed by atoms with Crippen LogP contribution in [0.3, 0.4) is 0 Å². The Hall–Kier alpha value is -0.830. The van der Waals surface area contributed by atoms with Gasteiger partial charge in [0.15, 0.2) is 0 Å². The van der Waals surface area contributed by atoms with E-state index >= 15 is 0 Å². The van der Waals surface area contributed by atoms with Crippen LogP contribution in [-0.2, 0) is 17.6 Å². The number of halogens is 1. The molecule has 1 aromatic rings. The molecular weight excluding hydrogens is 398 g/mol. The lowest BCUT2D eigenvalue weighted by atomic mass is 9.79. The number of carbonyl (C=O) groups is 1. The van der Waals surface area contributed by atoms with Crippen LogP contribution in [0.4, 0.5) is 5.69 Å². The third-order valence-corrected chi connectivity index (χ3v) is 8.00. The second kappa shape index (κ2) is 9.58. The minimum Gasteiger partial charge on any atom is -0.312 e. The van der Waals surface area contributed by atoms with Gasteiger partial charge < -0.3 is 4.90 Å². The summed E-state index contributed by atoms with van der Waals surface area (Å²) in [5, 5.41) is 0. The second-order valence-corrected chi connectivity index (χ2v) is 10.2. The number of unbranched alkanes of at least 4 members (excludes halogenated alkanes) is 1. The maximum atomic E-state index is 13.2. The van der Waals surface area contributed by atoms with E-state index in [9.17, 15) is 4.79 Å². The van der Waals surface area contributed by atoms with E-state index in [2.05, 4.69) is 59.8 Å². The summed E-state index contributed by atoms with van der Waals surface area (Å²) in [6, 6.07) is 6.76. The van der Waals surface area contributed by atoms with E-state index in [4.69, 9.17) is 0 Å². The molecule has 1 unspecified atom stereocenters. The summed E-state index contributed by atoms with van der Waals surface area (Å²) in [6.45, 7) is 7.65. The maximum Gasteiger partial charge on any atom is 0.230 e. The zero-order valence-corrected chi connectivity index (χ0v) is 18.9. The first-order valence-electron chi connectivity index (χ1n) is 11.1. The van der Waals surface area contributed by atoms with Crippen LogP contribution in [0.25, 0.3) is 0 Å². The summed E-state index contributed by atoms with van der Waals surface area (Å²) in [4.78, 5) is 15.8. The number of alkyl halides is 1.